The average molecular weight is 312 g/mol. The van der Waals surface area contributed by atoms with Crippen LogP contribution in [0.4, 0.5) is 16.3 Å². The van der Waals surface area contributed by atoms with Crippen LogP contribution in [0.15, 0.2) is 48.7 Å². The van der Waals surface area contributed by atoms with E-state index in [1.54, 1.807) is 6.20 Å². The van der Waals surface area contributed by atoms with Gasteiger partial charge in [0.25, 0.3) is 0 Å². The second-order valence-corrected chi connectivity index (χ2v) is 5.66. The third-order valence-electron chi connectivity index (χ3n) is 3.35. The summed E-state index contributed by atoms with van der Waals surface area (Å²) in [5, 5.41) is 5.56. The van der Waals surface area contributed by atoms with Gasteiger partial charge in [-0.3, -0.25) is 0 Å². The number of nitrogens with one attached hydrogen (secondary N) is 2. The molecule has 2 rings (SSSR count). The third kappa shape index (κ3) is 5.29. The van der Waals surface area contributed by atoms with E-state index in [0.717, 1.165) is 18.9 Å². The lowest BCUT2D eigenvalue weighted by molar-refractivity contribution is 0.250. The van der Waals surface area contributed by atoms with E-state index in [4.69, 9.17) is 0 Å². The van der Waals surface area contributed by atoms with E-state index in [1.165, 1.54) is 5.56 Å². The van der Waals surface area contributed by atoms with Crippen molar-refractivity contribution in [1.82, 2.24) is 10.3 Å². The number of hydrogen-bond donors (Lipinski definition) is 2. The van der Waals surface area contributed by atoms with Gasteiger partial charge < -0.3 is 15.5 Å². The Morgan fingerprint density at radius 3 is 2.48 bits per heavy atom. The summed E-state index contributed by atoms with van der Waals surface area (Å²) in [4.78, 5) is 18.3. The van der Waals surface area contributed by atoms with Crippen molar-refractivity contribution in [3.8, 4) is 0 Å². The van der Waals surface area contributed by atoms with Gasteiger partial charge in [0.05, 0.1) is 11.9 Å². The van der Waals surface area contributed by atoms with E-state index in [-0.39, 0.29) is 12.1 Å². The van der Waals surface area contributed by atoms with Gasteiger partial charge in [0.2, 0.25) is 0 Å². The van der Waals surface area contributed by atoms with Crippen LogP contribution in [0, 0.1) is 0 Å². The first-order valence-electron chi connectivity index (χ1n) is 7.91. The molecule has 0 radical (unpaired) electrons. The molecule has 0 atom stereocenters. The Hall–Kier alpha value is -2.56. The molecule has 0 spiro atoms. The van der Waals surface area contributed by atoms with E-state index in [9.17, 15) is 4.79 Å². The van der Waals surface area contributed by atoms with Crippen LogP contribution in [0.1, 0.15) is 26.3 Å². The minimum absolute atomic E-state index is 0.101. The molecule has 2 amide bonds. The average Bonchev–Trinajstić information content (AvgIpc) is 2.53. The van der Waals surface area contributed by atoms with Gasteiger partial charge >= 0.3 is 6.03 Å². The van der Waals surface area contributed by atoms with Crippen LogP contribution in [0.25, 0.3) is 0 Å². The zero-order valence-corrected chi connectivity index (χ0v) is 13.9. The van der Waals surface area contributed by atoms with Gasteiger partial charge in [-0.05, 0) is 38.5 Å². The Labute approximate surface area is 137 Å². The Kier molecular flexibility index (Phi) is 5.97. The van der Waals surface area contributed by atoms with Crippen molar-refractivity contribution in [2.75, 3.05) is 16.8 Å². The van der Waals surface area contributed by atoms with Crippen molar-refractivity contribution in [3.05, 3.63) is 54.2 Å². The number of rotatable bonds is 6. The van der Waals surface area contributed by atoms with Crippen LogP contribution in [0.2, 0.25) is 0 Å². The summed E-state index contributed by atoms with van der Waals surface area (Å²) in [5.41, 5.74) is 1.93. The molecule has 0 fully saturated rings. The normalized spacial score (nSPS) is 10.4. The minimum atomic E-state index is -0.216. The molecule has 0 unspecified atom stereocenters. The lowest BCUT2D eigenvalue weighted by Gasteiger charge is -2.22. The van der Waals surface area contributed by atoms with Crippen LogP contribution in [-0.2, 0) is 6.54 Å². The Balaban J connectivity index is 2.01. The monoisotopic (exact) mass is 312 g/mol. The molecule has 5 nitrogen and oxygen atoms in total. The van der Waals surface area contributed by atoms with Crippen molar-refractivity contribution in [1.29, 1.82) is 0 Å². The molecule has 0 bridgehead atoms. The SMILES string of the molecule is CCN(Cc1ccccc1)c1ccc(NC(=O)NC(C)C)cn1. The van der Waals surface area contributed by atoms with E-state index < -0.39 is 0 Å². The van der Waals surface area contributed by atoms with Crippen LogP contribution in [-0.4, -0.2) is 23.6 Å². The predicted octanol–water partition coefficient (Wildman–Crippen LogP) is 3.64. The second kappa shape index (κ2) is 8.17. The number of carbonyl (C=O) groups is 1. The Morgan fingerprint density at radius 2 is 1.91 bits per heavy atom. The maximum atomic E-state index is 11.7. The minimum Gasteiger partial charge on any atom is -0.353 e. The zero-order chi connectivity index (χ0) is 16.7. The van der Waals surface area contributed by atoms with E-state index in [1.807, 2.05) is 44.2 Å². The zero-order valence-electron chi connectivity index (χ0n) is 13.9. The highest BCUT2D eigenvalue weighted by atomic mass is 16.2. The molecule has 1 heterocycles. The topological polar surface area (TPSA) is 57.3 Å². The van der Waals surface area contributed by atoms with Gasteiger partial charge in [-0.25, -0.2) is 9.78 Å². The molecule has 0 saturated heterocycles. The fraction of sp³-hybridized carbons (Fsp3) is 0.333. The van der Waals surface area contributed by atoms with Gasteiger partial charge in [0, 0.05) is 19.1 Å². The lowest BCUT2D eigenvalue weighted by atomic mass is 10.2. The molecule has 5 heteroatoms. The molecule has 0 aliphatic rings. The van der Waals surface area contributed by atoms with E-state index in [0.29, 0.717) is 5.69 Å². The number of hydrogen-bond acceptors (Lipinski definition) is 3. The summed E-state index contributed by atoms with van der Waals surface area (Å²) < 4.78 is 0. The maximum absolute atomic E-state index is 11.7. The van der Waals surface area contributed by atoms with Crippen LogP contribution in [0.5, 0.6) is 0 Å². The highest BCUT2D eigenvalue weighted by Gasteiger charge is 2.08. The smallest absolute Gasteiger partial charge is 0.319 e. The number of nitrogens with zero attached hydrogens (tertiary/aromatic N) is 2. The largest absolute Gasteiger partial charge is 0.353 e. The number of benzene rings is 1. The molecule has 0 saturated carbocycles. The summed E-state index contributed by atoms with van der Waals surface area (Å²) in [6.45, 7) is 7.62. The van der Waals surface area contributed by atoms with Crippen LogP contribution < -0.4 is 15.5 Å². The van der Waals surface area contributed by atoms with Crippen molar-refractivity contribution < 1.29 is 4.79 Å². The number of aromatic nitrogens is 1. The first-order valence-corrected chi connectivity index (χ1v) is 7.91. The second-order valence-electron chi connectivity index (χ2n) is 5.66. The summed E-state index contributed by atoms with van der Waals surface area (Å²) in [6, 6.07) is 14.0. The standard InChI is InChI=1S/C18H24N4O/c1-4-22(13-15-8-6-5-7-9-15)17-11-10-16(12-19-17)21-18(23)20-14(2)3/h5-12,14H,4,13H2,1-3H3,(H2,20,21,23). The van der Waals surface area contributed by atoms with Gasteiger partial charge in [-0.1, -0.05) is 30.3 Å². The fourth-order valence-electron chi connectivity index (χ4n) is 2.24. The molecule has 2 aromatic rings. The summed E-state index contributed by atoms with van der Waals surface area (Å²) in [7, 11) is 0. The van der Waals surface area contributed by atoms with Crippen LogP contribution >= 0.6 is 0 Å². The van der Waals surface area contributed by atoms with E-state index >= 15 is 0 Å². The van der Waals surface area contributed by atoms with Crippen molar-refractivity contribution in [3.63, 3.8) is 0 Å². The van der Waals surface area contributed by atoms with Crippen molar-refractivity contribution >= 4 is 17.5 Å². The molecule has 122 valence electrons. The van der Waals surface area contributed by atoms with Gasteiger partial charge in [-0.15, -0.1) is 0 Å². The maximum Gasteiger partial charge on any atom is 0.319 e. The van der Waals surface area contributed by atoms with E-state index in [2.05, 4.69) is 39.6 Å². The molecule has 0 aliphatic carbocycles. The number of carbonyl (C=O) groups excluding carboxylic acids is 1. The van der Waals surface area contributed by atoms with Crippen molar-refractivity contribution in [2.45, 2.75) is 33.4 Å². The summed E-state index contributed by atoms with van der Waals surface area (Å²) in [5.74, 6) is 0.895. The summed E-state index contributed by atoms with van der Waals surface area (Å²) >= 11 is 0. The van der Waals surface area contributed by atoms with Gasteiger partial charge in [0.1, 0.15) is 5.82 Å². The highest BCUT2D eigenvalue weighted by molar-refractivity contribution is 5.89. The first-order chi connectivity index (χ1) is 11.1. The fourth-order valence-corrected chi connectivity index (χ4v) is 2.24. The Bertz CT molecular complexity index is 611. The molecular weight excluding hydrogens is 288 g/mol. The molecular formula is C18H24N4O. The highest BCUT2D eigenvalue weighted by Crippen LogP contribution is 2.16. The lowest BCUT2D eigenvalue weighted by Crippen LogP contribution is -2.34. The number of anilines is 2. The van der Waals surface area contributed by atoms with Crippen molar-refractivity contribution in [2.24, 2.45) is 0 Å². The molecule has 0 aliphatic heterocycles. The predicted molar refractivity (Wildman–Crippen MR) is 94.7 cm³/mol. The molecule has 1 aromatic heterocycles. The first kappa shape index (κ1) is 16.8. The number of amides is 2. The van der Waals surface area contributed by atoms with Gasteiger partial charge in [0.15, 0.2) is 0 Å². The molecule has 23 heavy (non-hydrogen) atoms. The van der Waals surface area contributed by atoms with Gasteiger partial charge in [-0.2, -0.15) is 0 Å². The molecule has 2 N–H and O–H groups in total. The third-order valence-corrected chi connectivity index (χ3v) is 3.35. The quantitative estimate of drug-likeness (QED) is 0.856. The number of pyridine rings is 1. The number of urea groups is 1. The Morgan fingerprint density at radius 1 is 1.17 bits per heavy atom. The summed E-state index contributed by atoms with van der Waals surface area (Å²) in [6.07, 6.45) is 1.68. The van der Waals surface area contributed by atoms with Crippen LogP contribution in [0.3, 0.4) is 0 Å². The molecule has 1 aromatic carbocycles.